The van der Waals surface area contributed by atoms with Crippen molar-refractivity contribution in [3.8, 4) is 0 Å². The quantitative estimate of drug-likeness (QED) is 0.779. The summed E-state index contributed by atoms with van der Waals surface area (Å²) in [4.78, 5) is 17.4. The number of nitrogens with zero attached hydrogens (tertiary/aromatic N) is 2. The van der Waals surface area contributed by atoms with Crippen molar-refractivity contribution in [2.75, 3.05) is 18.0 Å². The summed E-state index contributed by atoms with van der Waals surface area (Å²) < 4.78 is 0. The van der Waals surface area contributed by atoms with Gasteiger partial charge < -0.3 is 4.90 Å². The molecule has 2 heterocycles. The van der Waals surface area contributed by atoms with Gasteiger partial charge >= 0.3 is 0 Å². The number of anilines is 1. The Morgan fingerprint density at radius 1 is 0.962 bits per heavy atom. The lowest BCUT2D eigenvalue weighted by molar-refractivity contribution is -0.117. The molecule has 3 nitrogen and oxygen atoms in total. The number of carbonyl (C=O) groups is 1. The van der Waals surface area contributed by atoms with E-state index in [1.165, 1.54) is 49.0 Å². The highest BCUT2D eigenvalue weighted by molar-refractivity contribution is 5.96. The van der Waals surface area contributed by atoms with E-state index in [-0.39, 0.29) is 11.9 Å². The molecule has 1 amide bonds. The molecule has 3 unspecified atom stereocenters. The van der Waals surface area contributed by atoms with E-state index in [9.17, 15) is 4.79 Å². The predicted molar refractivity (Wildman–Crippen MR) is 104 cm³/mol. The smallest absolute Gasteiger partial charge is 0.224 e. The molecule has 0 aromatic heterocycles. The second-order valence-corrected chi connectivity index (χ2v) is 7.97. The fraction of sp³-hybridized carbons (Fsp3) is 0.435. The minimum absolute atomic E-state index is 0.143. The molecule has 5 rings (SSSR count). The number of benzene rings is 2. The van der Waals surface area contributed by atoms with Gasteiger partial charge in [-0.05, 0) is 61.5 Å². The van der Waals surface area contributed by atoms with Gasteiger partial charge in [-0.1, -0.05) is 42.5 Å². The molecule has 26 heavy (non-hydrogen) atoms. The Hall–Kier alpha value is -2.13. The number of amides is 1. The van der Waals surface area contributed by atoms with E-state index in [2.05, 4.69) is 58.3 Å². The first-order valence-corrected chi connectivity index (χ1v) is 9.97. The van der Waals surface area contributed by atoms with Crippen molar-refractivity contribution < 1.29 is 4.79 Å². The van der Waals surface area contributed by atoms with Crippen LogP contribution in [0.2, 0.25) is 0 Å². The van der Waals surface area contributed by atoms with Gasteiger partial charge in [0.1, 0.15) is 0 Å². The van der Waals surface area contributed by atoms with Gasteiger partial charge in [0.05, 0.1) is 6.04 Å². The molecular formula is C23H26N2O. The van der Waals surface area contributed by atoms with Crippen LogP contribution in [0.4, 0.5) is 5.69 Å². The van der Waals surface area contributed by atoms with Crippen LogP contribution in [-0.2, 0) is 4.79 Å². The van der Waals surface area contributed by atoms with Gasteiger partial charge in [-0.3, -0.25) is 9.69 Å². The third kappa shape index (κ3) is 2.34. The van der Waals surface area contributed by atoms with Crippen LogP contribution in [-0.4, -0.2) is 23.9 Å². The highest BCUT2D eigenvalue weighted by atomic mass is 16.2. The SMILES string of the molecule is CC(=O)N1c2cccc3c2C(CCC3N2CCCC2)C1c1ccccc1. The van der Waals surface area contributed by atoms with Crippen molar-refractivity contribution in [3.05, 3.63) is 65.2 Å². The molecule has 2 aromatic carbocycles. The Morgan fingerprint density at radius 2 is 1.73 bits per heavy atom. The Labute approximate surface area is 155 Å². The minimum atomic E-state index is 0.143. The molecule has 1 saturated heterocycles. The van der Waals surface area contributed by atoms with E-state index in [1.54, 1.807) is 6.92 Å². The van der Waals surface area contributed by atoms with Crippen LogP contribution in [0.15, 0.2) is 48.5 Å². The highest BCUT2D eigenvalue weighted by Crippen LogP contribution is 2.57. The lowest BCUT2D eigenvalue weighted by Crippen LogP contribution is -2.32. The largest absolute Gasteiger partial charge is 0.304 e. The summed E-state index contributed by atoms with van der Waals surface area (Å²) in [6.07, 6.45) is 5.01. The zero-order valence-electron chi connectivity index (χ0n) is 15.4. The van der Waals surface area contributed by atoms with Crippen molar-refractivity contribution in [1.82, 2.24) is 4.90 Å². The number of carbonyl (C=O) groups excluding carboxylic acids is 1. The predicted octanol–water partition coefficient (Wildman–Crippen LogP) is 4.81. The Morgan fingerprint density at radius 3 is 2.46 bits per heavy atom. The van der Waals surface area contributed by atoms with Gasteiger partial charge in [0.15, 0.2) is 0 Å². The third-order valence-electron chi connectivity index (χ3n) is 6.58. The molecule has 2 aromatic rings. The van der Waals surface area contributed by atoms with Crippen LogP contribution in [0.5, 0.6) is 0 Å². The van der Waals surface area contributed by atoms with Gasteiger partial charge in [-0.15, -0.1) is 0 Å². The first-order valence-electron chi connectivity index (χ1n) is 9.97. The summed E-state index contributed by atoms with van der Waals surface area (Å²) >= 11 is 0. The summed E-state index contributed by atoms with van der Waals surface area (Å²) in [6, 6.07) is 17.9. The second kappa shape index (κ2) is 6.24. The molecule has 0 saturated carbocycles. The molecule has 1 aliphatic carbocycles. The Bertz CT molecular complexity index is 825. The van der Waals surface area contributed by atoms with Gasteiger partial charge in [0, 0.05) is 24.6 Å². The van der Waals surface area contributed by atoms with Gasteiger partial charge in [-0.25, -0.2) is 0 Å². The molecule has 3 aliphatic rings. The minimum Gasteiger partial charge on any atom is -0.304 e. The lowest BCUT2D eigenvalue weighted by atomic mass is 9.76. The molecule has 0 N–H and O–H groups in total. The summed E-state index contributed by atoms with van der Waals surface area (Å²) in [7, 11) is 0. The van der Waals surface area contributed by atoms with E-state index in [4.69, 9.17) is 0 Å². The first-order chi connectivity index (χ1) is 12.8. The first kappa shape index (κ1) is 16.1. The molecule has 2 aliphatic heterocycles. The van der Waals surface area contributed by atoms with Crippen molar-refractivity contribution in [2.45, 2.75) is 50.6 Å². The maximum Gasteiger partial charge on any atom is 0.224 e. The van der Waals surface area contributed by atoms with E-state index in [1.807, 2.05) is 0 Å². The molecule has 0 spiro atoms. The molecule has 1 fully saturated rings. The zero-order valence-corrected chi connectivity index (χ0v) is 15.4. The summed E-state index contributed by atoms with van der Waals surface area (Å²) in [5, 5.41) is 0. The van der Waals surface area contributed by atoms with E-state index >= 15 is 0 Å². The number of likely N-dealkylation sites (tertiary alicyclic amines) is 1. The summed E-state index contributed by atoms with van der Waals surface area (Å²) in [5.41, 5.74) is 5.33. The fourth-order valence-corrected chi connectivity index (χ4v) is 5.59. The number of hydrogen-bond acceptors (Lipinski definition) is 2. The molecular weight excluding hydrogens is 320 g/mol. The van der Waals surface area contributed by atoms with Gasteiger partial charge in [0.2, 0.25) is 5.91 Å². The fourth-order valence-electron chi connectivity index (χ4n) is 5.59. The van der Waals surface area contributed by atoms with Gasteiger partial charge in [-0.2, -0.15) is 0 Å². The van der Waals surface area contributed by atoms with Crippen LogP contribution in [0, 0.1) is 0 Å². The van der Waals surface area contributed by atoms with Crippen LogP contribution < -0.4 is 4.90 Å². The summed E-state index contributed by atoms with van der Waals surface area (Å²) in [5.74, 6) is 0.575. The van der Waals surface area contributed by atoms with Crippen LogP contribution in [0.3, 0.4) is 0 Å². The standard InChI is InChI=1S/C23H26N2O/c1-16(26)25-21-11-7-10-18-20(24-14-5-6-15-24)13-12-19(22(18)21)23(25)17-8-3-2-4-9-17/h2-4,7-11,19-20,23H,5-6,12-15H2,1H3. The van der Waals surface area contributed by atoms with Crippen molar-refractivity contribution >= 4 is 11.6 Å². The average Bonchev–Trinajstić information content (AvgIpc) is 3.30. The van der Waals surface area contributed by atoms with E-state index in [0.717, 1.165) is 12.1 Å². The van der Waals surface area contributed by atoms with Crippen molar-refractivity contribution in [2.24, 2.45) is 0 Å². The third-order valence-corrected chi connectivity index (χ3v) is 6.58. The maximum absolute atomic E-state index is 12.6. The van der Waals surface area contributed by atoms with Gasteiger partial charge in [0.25, 0.3) is 0 Å². The average molecular weight is 346 g/mol. The topological polar surface area (TPSA) is 23.6 Å². The molecule has 3 atom stereocenters. The summed E-state index contributed by atoms with van der Waals surface area (Å²) in [6.45, 7) is 4.15. The molecule has 3 heteroatoms. The molecule has 0 radical (unpaired) electrons. The maximum atomic E-state index is 12.6. The number of hydrogen-bond donors (Lipinski definition) is 0. The van der Waals surface area contributed by atoms with E-state index in [0.29, 0.717) is 12.0 Å². The number of rotatable bonds is 2. The lowest BCUT2D eigenvalue weighted by Gasteiger charge is -2.36. The molecule has 0 bridgehead atoms. The normalized spacial score (nSPS) is 27.6. The van der Waals surface area contributed by atoms with Crippen molar-refractivity contribution in [3.63, 3.8) is 0 Å². The van der Waals surface area contributed by atoms with Crippen LogP contribution in [0.25, 0.3) is 0 Å². The van der Waals surface area contributed by atoms with Crippen molar-refractivity contribution in [1.29, 1.82) is 0 Å². The Balaban J connectivity index is 1.64. The zero-order chi connectivity index (χ0) is 17.7. The van der Waals surface area contributed by atoms with Crippen LogP contribution in [0.1, 0.15) is 67.3 Å². The highest BCUT2D eigenvalue weighted by Gasteiger charge is 2.46. The monoisotopic (exact) mass is 346 g/mol. The second-order valence-electron chi connectivity index (χ2n) is 7.97. The van der Waals surface area contributed by atoms with Crippen LogP contribution >= 0.6 is 0 Å². The molecule has 134 valence electrons. The Kier molecular flexibility index (Phi) is 3.86. The van der Waals surface area contributed by atoms with E-state index < -0.39 is 0 Å².